The number of amides is 1. The van der Waals surface area contributed by atoms with Gasteiger partial charge in [0.1, 0.15) is 5.82 Å². The van der Waals surface area contributed by atoms with Gasteiger partial charge in [-0.2, -0.15) is 4.31 Å². The summed E-state index contributed by atoms with van der Waals surface area (Å²) < 4.78 is 45.5. The fourth-order valence-corrected chi connectivity index (χ4v) is 5.55. The van der Waals surface area contributed by atoms with E-state index in [-0.39, 0.29) is 42.1 Å². The van der Waals surface area contributed by atoms with Crippen molar-refractivity contribution in [2.75, 3.05) is 26.2 Å². The highest BCUT2D eigenvalue weighted by atomic mass is 32.2. The number of aliphatic hydroxyl groups is 1. The van der Waals surface area contributed by atoms with E-state index >= 15 is 0 Å². The van der Waals surface area contributed by atoms with E-state index in [2.05, 4.69) is 5.16 Å². The quantitative estimate of drug-likeness (QED) is 0.784. The lowest BCUT2D eigenvalue weighted by Crippen LogP contribution is -2.42. The van der Waals surface area contributed by atoms with E-state index in [0.717, 1.165) is 12.5 Å². The number of nitrogens with zero attached hydrogens (tertiary/aromatic N) is 3. The Labute approximate surface area is 174 Å². The second-order valence-corrected chi connectivity index (χ2v) is 9.74. The van der Waals surface area contributed by atoms with Gasteiger partial charge in [-0.1, -0.05) is 11.2 Å². The lowest BCUT2D eigenvalue weighted by atomic mass is 9.94. The summed E-state index contributed by atoms with van der Waals surface area (Å²) in [6.45, 7) is 1.41. The monoisotopic (exact) mass is 437 g/mol. The summed E-state index contributed by atoms with van der Waals surface area (Å²) in [7, 11) is -3.75. The van der Waals surface area contributed by atoms with Crippen LogP contribution in [0, 0.1) is 5.82 Å². The SMILES string of the molecule is O=C(c1cc(C2CCN(S(=O)(=O)c3cccc(F)c3)CC2)no1)N1CCCC(O)C1. The van der Waals surface area contributed by atoms with Gasteiger partial charge in [0.2, 0.25) is 15.8 Å². The van der Waals surface area contributed by atoms with Gasteiger partial charge in [-0.3, -0.25) is 4.79 Å². The van der Waals surface area contributed by atoms with Crippen LogP contribution in [-0.4, -0.2) is 66.1 Å². The summed E-state index contributed by atoms with van der Waals surface area (Å²) in [4.78, 5) is 14.1. The molecule has 2 aliphatic rings. The lowest BCUT2D eigenvalue weighted by molar-refractivity contribution is 0.0441. The first-order valence-electron chi connectivity index (χ1n) is 10.0. The Kier molecular flexibility index (Phi) is 5.90. The van der Waals surface area contributed by atoms with Gasteiger partial charge >= 0.3 is 0 Å². The summed E-state index contributed by atoms with van der Waals surface area (Å²) in [5.41, 5.74) is 0.624. The number of hydrogen-bond acceptors (Lipinski definition) is 6. The third kappa shape index (κ3) is 4.26. The number of halogens is 1. The minimum Gasteiger partial charge on any atom is -0.391 e. The molecule has 2 fully saturated rings. The molecule has 1 atom stereocenters. The summed E-state index contributed by atoms with van der Waals surface area (Å²) >= 11 is 0. The number of rotatable bonds is 4. The number of hydrogen-bond donors (Lipinski definition) is 1. The van der Waals surface area contributed by atoms with Crippen molar-refractivity contribution in [2.45, 2.75) is 42.6 Å². The predicted molar refractivity (Wildman–Crippen MR) is 105 cm³/mol. The number of β-amino-alcohol motifs (C(OH)–C–C–N with tert-alkyl or cyclic N) is 1. The van der Waals surface area contributed by atoms with E-state index in [1.165, 1.54) is 22.5 Å². The van der Waals surface area contributed by atoms with Crippen LogP contribution in [0.5, 0.6) is 0 Å². The number of benzene rings is 1. The number of aliphatic hydroxyl groups excluding tert-OH is 1. The summed E-state index contributed by atoms with van der Waals surface area (Å²) in [6.07, 6.45) is 1.96. The van der Waals surface area contributed by atoms with Crippen LogP contribution in [0.2, 0.25) is 0 Å². The zero-order valence-electron chi connectivity index (χ0n) is 16.4. The Morgan fingerprint density at radius 1 is 1.17 bits per heavy atom. The lowest BCUT2D eigenvalue weighted by Gasteiger charge is -2.30. The van der Waals surface area contributed by atoms with E-state index in [4.69, 9.17) is 4.52 Å². The molecule has 0 saturated carbocycles. The minimum atomic E-state index is -3.75. The molecular weight excluding hydrogens is 413 g/mol. The summed E-state index contributed by atoms with van der Waals surface area (Å²) in [5.74, 6) is -0.777. The van der Waals surface area contributed by atoms with E-state index in [1.807, 2.05) is 0 Å². The smallest absolute Gasteiger partial charge is 0.292 e. The van der Waals surface area contributed by atoms with Gasteiger partial charge in [-0.25, -0.2) is 12.8 Å². The maximum absolute atomic E-state index is 13.4. The highest BCUT2D eigenvalue weighted by molar-refractivity contribution is 7.89. The Morgan fingerprint density at radius 3 is 2.63 bits per heavy atom. The van der Waals surface area contributed by atoms with Crippen molar-refractivity contribution in [1.29, 1.82) is 0 Å². The molecule has 0 aliphatic carbocycles. The van der Waals surface area contributed by atoms with E-state index in [1.54, 1.807) is 11.0 Å². The summed E-state index contributed by atoms with van der Waals surface area (Å²) in [5, 5.41) is 13.8. The van der Waals surface area contributed by atoms with E-state index < -0.39 is 21.9 Å². The number of aromatic nitrogens is 1. The Bertz CT molecular complexity index is 1020. The van der Waals surface area contributed by atoms with Crippen molar-refractivity contribution in [1.82, 2.24) is 14.4 Å². The number of likely N-dealkylation sites (tertiary alicyclic amines) is 1. The van der Waals surface area contributed by atoms with Gasteiger partial charge in [0.05, 0.1) is 16.7 Å². The van der Waals surface area contributed by atoms with Crippen molar-refractivity contribution in [3.05, 3.63) is 47.6 Å². The predicted octanol–water partition coefficient (Wildman–Crippen LogP) is 1.98. The molecule has 3 heterocycles. The van der Waals surface area contributed by atoms with Crippen molar-refractivity contribution >= 4 is 15.9 Å². The van der Waals surface area contributed by atoms with Gasteiger partial charge in [-0.15, -0.1) is 0 Å². The van der Waals surface area contributed by atoms with Crippen molar-refractivity contribution < 1.29 is 27.2 Å². The highest BCUT2D eigenvalue weighted by Crippen LogP contribution is 2.31. The molecule has 30 heavy (non-hydrogen) atoms. The molecule has 1 amide bonds. The fourth-order valence-electron chi connectivity index (χ4n) is 4.05. The molecule has 1 aromatic heterocycles. The average molecular weight is 437 g/mol. The molecular formula is C20H24FN3O5S. The first kappa shape index (κ1) is 21.0. The molecule has 0 bridgehead atoms. The van der Waals surface area contributed by atoms with Crippen LogP contribution in [0.25, 0.3) is 0 Å². The molecule has 8 nitrogen and oxygen atoms in total. The van der Waals surface area contributed by atoms with Crippen LogP contribution in [0.3, 0.4) is 0 Å². The van der Waals surface area contributed by atoms with Crippen molar-refractivity contribution in [3.8, 4) is 0 Å². The number of piperidine rings is 2. The maximum atomic E-state index is 13.4. The minimum absolute atomic E-state index is 0.0267. The average Bonchev–Trinajstić information content (AvgIpc) is 3.23. The van der Waals surface area contributed by atoms with E-state index in [0.29, 0.717) is 31.5 Å². The highest BCUT2D eigenvalue weighted by Gasteiger charge is 2.32. The molecule has 10 heteroatoms. The van der Waals surface area contributed by atoms with Gasteiger partial charge in [0.25, 0.3) is 5.91 Å². The van der Waals surface area contributed by atoms with Crippen LogP contribution in [0.1, 0.15) is 47.8 Å². The topological polar surface area (TPSA) is 104 Å². The molecule has 162 valence electrons. The Hall–Kier alpha value is -2.30. The maximum Gasteiger partial charge on any atom is 0.292 e. The fraction of sp³-hybridized carbons (Fsp3) is 0.500. The van der Waals surface area contributed by atoms with E-state index in [9.17, 15) is 22.7 Å². The molecule has 2 aliphatic heterocycles. The molecule has 1 N–H and O–H groups in total. The summed E-state index contributed by atoms with van der Waals surface area (Å²) in [6, 6.07) is 6.61. The first-order chi connectivity index (χ1) is 14.3. The Balaban J connectivity index is 1.39. The van der Waals surface area contributed by atoms with Gasteiger partial charge < -0.3 is 14.5 Å². The zero-order chi connectivity index (χ0) is 21.3. The van der Waals surface area contributed by atoms with Gasteiger partial charge in [-0.05, 0) is 43.9 Å². The van der Waals surface area contributed by atoms with Gasteiger partial charge in [0.15, 0.2) is 0 Å². The molecule has 1 unspecified atom stereocenters. The van der Waals surface area contributed by atoms with Crippen LogP contribution >= 0.6 is 0 Å². The van der Waals surface area contributed by atoms with Crippen molar-refractivity contribution in [2.24, 2.45) is 0 Å². The molecule has 2 aromatic rings. The third-order valence-corrected chi connectivity index (χ3v) is 7.62. The van der Waals surface area contributed by atoms with Gasteiger partial charge in [0, 0.05) is 38.2 Å². The standard InChI is InChI=1S/C20H24FN3O5S/c21-15-3-1-5-17(11-15)30(27,28)24-9-6-14(7-10-24)18-12-19(29-22-18)20(26)23-8-2-4-16(25)13-23/h1,3,5,11-12,14,16,25H,2,4,6-10,13H2. The number of carbonyl (C=O) groups is 1. The van der Waals surface area contributed by atoms with Crippen molar-refractivity contribution in [3.63, 3.8) is 0 Å². The molecule has 2 saturated heterocycles. The molecule has 0 radical (unpaired) electrons. The number of carbonyl (C=O) groups excluding carboxylic acids is 1. The zero-order valence-corrected chi connectivity index (χ0v) is 17.2. The largest absolute Gasteiger partial charge is 0.391 e. The first-order valence-corrected chi connectivity index (χ1v) is 11.5. The molecule has 0 spiro atoms. The Morgan fingerprint density at radius 2 is 1.93 bits per heavy atom. The molecule has 1 aromatic carbocycles. The van der Waals surface area contributed by atoms with Crippen LogP contribution in [0.15, 0.2) is 39.8 Å². The normalized spacial score (nSPS) is 21.7. The van der Waals surface area contributed by atoms with Crippen LogP contribution < -0.4 is 0 Å². The third-order valence-electron chi connectivity index (χ3n) is 5.73. The molecule has 4 rings (SSSR count). The van der Waals surface area contributed by atoms with Crippen LogP contribution in [-0.2, 0) is 10.0 Å². The second kappa shape index (κ2) is 8.44. The van der Waals surface area contributed by atoms with Crippen LogP contribution in [0.4, 0.5) is 4.39 Å². The second-order valence-electron chi connectivity index (χ2n) is 7.80. The number of sulfonamides is 1.